The molecule has 5 heteroatoms. The zero-order valence-electron chi connectivity index (χ0n) is 14.5. The van der Waals surface area contributed by atoms with Crippen molar-refractivity contribution in [1.82, 2.24) is 4.72 Å². The smallest absolute Gasteiger partial charge is 0.139 e. The number of hydrogen-bond donors (Lipinski definition) is 1. The van der Waals surface area contributed by atoms with Crippen molar-refractivity contribution >= 4 is 27.6 Å². The first kappa shape index (κ1) is 19.1. The van der Waals surface area contributed by atoms with E-state index >= 15 is 0 Å². The Kier molecular flexibility index (Phi) is 7.40. The van der Waals surface area contributed by atoms with Crippen molar-refractivity contribution in [2.75, 3.05) is 0 Å². The molecule has 0 amide bonds. The Hall–Kier alpha value is -1.23. The van der Waals surface area contributed by atoms with E-state index in [1.165, 1.54) is 5.56 Å². The summed E-state index contributed by atoms with van der Waals surface area (Å²) < 4.78 is 15.9. The largest absolute Gasteiger partial charge is 0.271 e. The van der Waals surface area contributed by atoms with Crippen LogP contribution < -0.4 is 4.72 Å². The molecule has 1 heterocycles. The van der Waals surface area contributed by atoms with E-state index in [1.54, 1.807) is 0 Å². The van der Waals surface area contributed by atoms with Gasteiger partial charge in [-0.15, -0.1) is 0 Å². The molecule has 1 N–H and O–H groups in total. The van der Waals surface area contributed by atoms with Gasteiger partial charge in [-0.2, -0.15) is 0 Å². The van der Waals surface area contributed by atoms with Gasteiger partial charge >= 0.3 is 0 Å². The lowest BCUT2D eigenvalue weighted by atomic mass is 10.0. The average molecular weight is 365 g/mol. The molecule has 130 valence electrons. The molecule has 0 aliphatic carbocycles. The second kappa shape index (κ2) is 9.30. The van der Waals surface area contributed by atoms with Gasteiger partial charge in [0.25, 0.3) is 0 Å². The van der Waals surface area contributed by atoms with Gasteiger partial charge in [-0.3, -0.25) is 4.99 Å². The van der Waals surface area contributed by atoms with Crippen molar-refractivity contribution in [3.63, 3.8) is 0 Å². The van der Waals surface area contributed by atoms with Gasteiger partial charge in [0.15, 0.2) is 0 Å². The number of aryl methyl sites for hydroxylation is 1. The molecule has 0 spiro atoms. The third-order valence-corrected chi connectivity index (χ3v) is 5.53. The lowest BCUT2D eigenvalue weighted by Gasteiger charge is -2.17. The molecule has 3 nitrogen and oxygen atoms in total. The van der Waals surface area contributed by atoms with Crippen LogP contribution in [0.4, 0.5) is 0 Å². The van der Waals surface area contributed by atoms with Crippen LogP contribution >= 0.6 is 11.6 Å². The van der Waals surface area contributed by atoms with Crippen LogP contribution in [0, 0.1) is 12.8 Å². The van der Waals surface area contributed by atoms with Crippen molar-refractivity contribution in [2.45, 2.75) is 46.2 Å². The van der Waals surface area contributed by atoms with Crippen molar-refractivity contribution in [3.8, 4) is 0 Å². The number of aliphatic imine (C=N–C) groups is 1. The fourth-order valence-corrected chi connectivity index (χ4v) is 3.91. The lowest BCUT2D eigenvalue weighted by molar-refractivity contribution is 0.658. The number of nitrogens with zero attached hydrogens (tertiary/aromatic N) is 1. The molecule has 3 unspecified atom stereocenters. The maximum Gasteiger partial charge on any atom is 0.139 e. The minimum absolute atomic E-state index is 0.0422. The molecule has 0 fully saturated rings. The van der Waals surface area contributed by atoms with Crippen LogP contribution in [0.15, 0.2) is 52.5 Å². The first-order valence-corrected chi connectivity index (χ1v) is 9.84. The van der Waals surface area contributed by atoms with Gasteiger partial charge in [-0.1, -0.05) is 60.5 Å². The maximum atomic E-state index is 12.8. The summed E-state index contributed by atoms with van der Waals surface area (Å²) in [6.07, 6.45) is 7.42. The molecule has 0 bridgehead atoms. The van der Waals surface area contributed by atoms with E-state index in [2.05, 4.69) is 47.8 Å². The molecule has 0 saturated carbocycles. The standard InChI is InChI=1S/C19H25ClN2OS/c1-4-17-10-12-18(20)11-7-15(3)22-19(17)24(23)21-13-16-8-5-14(2)6-9-16/h5-9,11-12,15,17,21H,4,10,13H2,1-3H3/b11-7-,18-12+,22-19?. The Balaban J connectivity index is 2.12. The van der Waals surface area contributed by atoms with Crippen LogP contribution in [0.25, 0.3) is 0 Å². The summed E-state index contributed by atoms with van der Waals surface area (Å²) in [6.45, 7) is 6.69. The molecule has 1 aromatic rings. The van der Waals surface area contributed by atoms with Crippen molar-refractivity contribution in [1.29, 1.82) is 0 Å². The second-order valence-corrected chi connectivity index (χ2v) is 7.75. The van der Waals surface area contributed by atoms with Crippen LogP contribution in [0.2, 0.25) is 0 Å². The SMILES string of the molecule is CCC1C/C=C(Cl)\C=C/C(C)N=C1S(=O)NCc1ccc(C)cc1. The highest BCUT2D eigenvalue weighted by Crippen LogP contribution is 2.20. The van der Waals surface area contributed by atoms with E-state index in [9.17, 15) is 4.21 Å². The minimum atomic E-state index is -1.31. The molecule has 0 aromatic heterocycles. The Labute approximate surface area is 152 Å². The number of nitrogens with one attached hydrogen (secondary N) is 1. The van der Waals surface area contributed by atoms with Gasteiger partial charge in [0.2, 0.25) is 0 Å². The molecule has 3 atom stereocenters. The average Bonchev–Trinajstić information content (AvgIpc) is 2.64. The van der Waals surface area contributed by atoms with Crippen LogP contribution in [0.5, 0.6) is 0 Å². The Morgan fingerprint density at radius 1 is 1.33 bits per heavy atom. The molecular weight excluding hydrogens is 340 g/mol. The summed E-state index contributed by atoms with van der Waals surface area (Å²) in [5, 5.41) is 1.44. The predicted octanol–water partition coefficient (Wildman–Crippen LogP) is 4.64. The third-order valence-electron chi connectivity index (χ3n) is 4.02. The van der Waals surface area contributed by atoms with Gasteiger partial charge in [-0.25, -0.2) is 8.93 Å². The summed E-state index contributed by atoms with van der Waals surface area (Å²) in [5.74, 6) is 0.132. The highest BCUT2D eigenvalue weighted by atomic mass is 35.5. The number of rotatable bonds is 4. The highest BCUT2D eigenvalue weighted by molar-refractivity contribution is 7.98. The maximum absolute atomic E-state index is 12.8. The number of halogens is 1. The van der Waals surface area contributed by atoms with Crippen LogP contribution in [-0.2, 0) is 17.5 Å². The molecular formula is C19H25ClN2OS. The summed E-state index contributed by atoms with van der Waals surface area (Å²) in [7, 11) is -1.31. The van der Waals surface area contributed by atoms with E-state index < -0.39 is 11.0 Å². The molecule has 2 rings (SSSR count). The molecule has 1 aromatic carbocycles. The van der Waals surface area contributed by atoms with E-state index in [0.29, 0.717) is 6.54 Å². The van der Waals surface area contributed by atoms with Crippen LogP contribution in [0.1, 0.15) is 37.8 Å². The Bertz CT molecular complexity index is 664. The van der Waals surface area contributed by atoms with Crippen molar-refractivity contribution < 1.29 is 4.21 Å². The number of hydrogen-bond acceptors (Lipinski definition) is 2. The number of allylic oxidation sites excluding steroid dienone is 3. The summed E-state index contributed by atoms with van der Waals surface area (Å²) in [6, 6.07) is 8.18. The van der Waals surface area contributed by atoms with E-state index in [-0.39, 0.29) is 12.0 Å². The summed E-state index contributed by atoms with van der Waals surface area (Å²) >= 11 is 6.17. The second-order valence-electron chi connectivity index (χ2n) is 6.07. The van der Waals surface area contributed by atoms with Gasteiger partial charge < -0.3 is 0 Å². The van der Waals surface area contributed by atoms with E-state index in [1.807, 2.05) is 25.2 Å². The summed E-state index contributed by atoms with van der Waals surface area (Å²) in [4.78, 5) is 4.68. The number of benzene rings is 1. The quantitative estimate of drug-likeness (QED) is 0.830. The monoisotopic (exact) mass is 364 g/mol. The fraction of sp³-hybridized carbons (Fsp3) is 0.421. The molecule has 24 heavy (non-hydrogen) atoms. The fourth-order valence-electron chi connectivity index (χ4n) is 2.47. The normalized spacial score (nSPS) is 26.3. The first-order valence-electron chi connectivity index (χ1n) is 8.32. The van der Waals surface area contributed by atoms with Gasteiger partial charge in [0, 0.05) is 17.5 Å². The van der Waals surface area contributed by atoms with Gasteiger partial charge in [-0.05, 0) is 38.3 Å². The van der Waals surface area contributed by atoms with Gasteiger partial charge in [0.1, 0.15) is 16.0 Å². The van der Waals surface area contributed by atoms with Crippen LogP contribution in [-0.4, -0.2) is 15.3 Å². The van der Waals surface area contributed by atoms with E-state index in [0.717, 1.165) is 28.5 Å². The third kappa shape index (κ3) is 5.69. The van der Waals surface area contributed by atoms with Crippen molar-refractivity contribution in [2.24, 2.45) is 10.9 Å². The molecule has 1 aliphatic rings. The zero-order chi connectivity index (χ0) is 17.5. The predicted molar refractivity (Wildman–Crippen MR) is 105 cm³/mol. The Morgan fingerprint density at radius 3 is 2.71 bits per heavy atom. The Morgan fingerprint density at radius 2 is 2.04 bits per heavy atom. The zero-order valence-corrected chi connectivity index (χ0v) is 16.0. The minimum Gasteiger partial charge on any atom is -0.271 e. The topological polar surface area (TPSA) is 41.5 Å². The first-order chi connectivity index (χ1) is 11.5. The lowest BCUT2D eigenvalue weighted by Crippen LogP contribution is -2.30. The molecule has 1 aliphatic heterocycles. The summed E-state index contributed by atoms with van der Waals surface area (Å²) in [5.41, 5.74) is 2.33. The van der Waals surface area contributed by atoms with Crippen LogP contribution in [0.3, 0.4) is 0 Å². The highest BCUT2D eigenvalue weighted by Gasteiger charge is 2.21. The molecule has 0 saturated heterocycles. The van der Waals surface area contributed by atoms with Gasteiger partial charge in [0.05, 0.1) is 6.04 Å². The van der Waals surface area contributed by atoms with Crippen molar-refractivity contribution in [3.05, 3.63) is 58.7 Å². The van der Waals surface area contributed by atoms with E-state index in [4.69, 9.17) is 11.6 Å². The molecule has 0 radical (unpaired) electrons.